The van der Waals surface area contributed by atoms with Gasteiger partial charge in [-0.25, -0.2) is 4.79 Å². The van der Waals surface area contributed by atoms with Crippen molar-refractivity contribution in [1.82, 2.24) is 5.32 Å². The molecule has 7 heteroatoms. The van der Waals surface area contributed by atoms with E-state index in [1.807, 2.05) is 73.7 Å². The van der Waals surface area contributed by atoms with Crippen LogP contribution in [0.25, 0.3) is 0 Å². The molecule has 160 valence electrons. The molecule has 6 nitrogen and oxygen atoms in total. The fourth-order valence-electron chi connectivity index (χ4n) is 2.85. The Bertz CT molecular complexity index is 1040. The van der Waals surface area contributed by atoms with Gasteiger partial charge in [0.15, 0.2) is 0 Å². The minimum Gasteiger partial charge on any atom is -0.497 e. The number of nitrogens with one attached hydrogen (secondary N) is 3. The number of carbonyl (C=O) groups is 2. The van der Waals surface area contributed by atoms with E-state index in [9.17, 15) is 9.59 Å². The molecule has 3 N–H and O–H groups in total. The van der Waals surface area contributed by atoms with Crippen molar-refractivity contribution in [2.24, 2.45) is 0 Å². The van der Waals surface area contributed by atoms with Crippen LogP contribution in [-0.4, -0.2) is 24.8 Å². The van der Waals surface area contributed by atoms with Crippen LogP contribution in [0.1, 0.15) is 11.1 Å². The number of rotatable bonds is 8. The first kappa shape index (κ1) is 22.2. The van der Waals surface area contributed by atoms with Crippen LogP contribution in [0.15, 0.2) is 77.7 Å². The number of amides is 3. The number of thioether (sulfide) groups is 1. The summed E-state index contributed by atoms with van der Waals surface area (Å²) in [6, 6.07) is 22.3. The summed E-state index contributed by atoms with van der Waals surface area (Å²) >= 11 is 1.46. The Morgan fingerprint density at radius 3 is 2.26 bits per heavy atom. The molecule has 0 fully saturated rings. The molecule has 3 rings (SSSR count). The molecule has 0 saturated heterocycles. The van der Waals surface area contributed by atoms with Gasteiger partial charge < -0.3 is 20.7 Å². The van der Waals surface area contributed by atoms with Crippen molar-refractivity contribution in [3.63, 3.8) is 0 Å². The van der Waals surface area contributed by atoms with Crippen LogP contribution in [0.5, 0.6) is 5.75 Å². The van der Waals surface area contributed by atoms with E-state index < -0.39 is 0 Å². The molecular weight excluding hydrogens is 410 g/mol. The molecule has 0 radical (unpaired) electrons. The lowest BCUT2D eigenvalue weighted by molar-refractivity contribution is -0.118. The monoisotopic (exact) mass is 435 g/mol. The summed E-state index contributed by atoms with van der Waals surface area (Å²) in [6.07, 6.45) is 0. The Labute approximate surface area is 186 Å². The number of methoxy groups -OCH3 is 1. The van der Waals surface area contributed by atoms with Gasteiger partial charge in [0.05, 0.1) is 12.9 Å². The zero-order valence-electron chi connectivity index (χ0n) is 17.5. The number of carbonyl (C=O) groups excluding carboxylic acids is 2. The van der Waals surface area contributed by atoms with E-state index in [4.69, 9.17) is 4.74 Å². The van der Waals surface area contributed by atoms with Crippen LogP contribution in [0, 0.1) is 6.92 Å². The lowest BCUT2D eigenvalue weighted by Gasteiger charge is -2.10. The minimum absolute atomic E-state index is 0.0589. The number of hydrogen-bond donors (Lipinski definition) is 3. The molecule has 0 saturated carbocycles. The van der Waals surface area contributed by atoms with Crippen molar-refractivity contribution in [3.8, 4) is 5.75 Å². The smallest absolute Gasteiger partial charge is 0.323 e. The fourth-order valence-corrected chi connectivity index (χ4v) is 3.58. The van der Waals surface area contributed by atoms with E-state index in [0.29, 0.717) is 18.0 Å². The molecule has 0 aromatic heterocycles. The predicted octanol–water partition coefficient (Wildman–Crippen LogP) is 5.06. The third-order valence-electron chi connectivity index (χ3n) is 4.38. The average molecular weight is 436 g/mol. The van der Waals surface area contributed by atoms with E-state index in [0.717, 1.165) is 27.5 Å². The third-order valence-corrected chi connectivity index (χ3v) is 5.39. The number of ether oxygens (including phenoxy) is 1. The molecular formula is C24H25N3O3S. The van der Waals surface area contributed by atoms with Gasteiger partial charge in [-0.2, -0.15) is 0 Å². The summed E-state index contributed by atoms with van der Waals surface area (Å²) in [5.74, 6) is 1.05. The Balaban J connectivity index is 1.46. The molecule has 0 spiro atoms. The van der Waals surface area contributed by atoms with E-state index in [1.165, 1.54) is 11.8 Å². The molecule has 3 aromatic rings. The first-order chi connectivity index (χ1) is 15.0. The fraction of sp³-hybridized carbons (Fsp3) is 0.167. The highest BCUT2D eigenvalue weighted by molar-refractivity contribution is 8.00. The van der Waals surface area contributed by atoms with Crippen molar-refractivity contribution >= 4 is 35.1 Å². The summed E-state index contributed by atoms with van der Waals surface area (Å²) in [6.45, 7) is 2.35. The average Bonchev–Trinajstić information content (AvgIpc) is 2.77. The number of benzene rings is 3. The van der Waals surface area contributed by atoms with E-state index in [-0.39, 0.29) is 11.9 Å². The summed E-state index contributed by atoms with van der Waals surface area (Å²) in [5.41, 5.74) is 3.36. The highest BCUT2D eigenvalue weighted by atomic mass is 32.2. The Hall–Kier alpha value is -3.45. The quantitative estimate of drug-likeness (QED) is 0.432. The van der Waals surface area contributed by atoms with Gasteiger partial charge in [-0.1, -0.05) is 24.3 Å². The van der Waals surface area contributed by atoms with Gasteiger partial charge in [-0.3, -0.25) is 4.79 Å². The molecule has 0 aliphatic heterocycles. The summed E-state index contributed by atoms with van der Waals surface area (Å²) in [7, 11) is 1.62. The van der Waals surface area contributed by atoms with Crippen molar-refractivity contribution in [2.45, 2.75) is 18.4 Å². The largest absolute Gasteiger partial charge is 0.497 e. The molecule has 0 unspecified atom stereocenters. The van der Waals surface area contributed by atoms with Crippen LogP contribution in [0.2, 0.25) is 0 Å². The lowest BCUT2D eigenvalue weighted by atomic mass is 10.2. The Kier molecular flexibility index (Phi) is 7.95. The van der Waals surface area contributed by atoms with Crippen LogP contribution in [-0.2, 0) is 11.3 Å². The van der Waals surface area contributed by atoms with Crippen LogP contribution < -0.4 is 20.7 Å². The molecule has 0 atom stereocenters. The summed E-state index contributed by atoms with van der Waals surface area (Å²) in [5, 5.41) is 8.53. The van der Waals surface area contributed by atoms with Crippen molar-refractivity contribution in [1.29, 1.82) is 0 Å². The van der Waals surface area contributed by atoms with E-state index in [2.05, 4.69) is 16.0 Å². The maximum atomic E-state index is 12.2. The van der Waals surface area contributed by atoms with Crippen LogP contribution in [0.3, 0.4) is 0 Å². The van der Waals surface area contributed by atoms with Gasteiger partial charge in [0.25, 0.3) is 0 Å². The highest BCUT2D eigenvalue weighted by Crippen LogP contribution is 2.21. The third kappa shape index (κ3) is 7.38. The summed E-state index contributed by atoms with van der Waals surface area (Å²) < 4.78 is 5.13. The van der Waals surface area contributed by atoms with Crippen molar-refractivity contribution in [2.75, 3.05) is 23.5 Å². The van der Waals surface area contributed by atoms with Crippen LogP contribution >= 0.6 is 11.8 Å². The van der Waals surface area contributed by atoms with E-state index in [1.54, 1.807) is 13.2 Å². The highest BCUT2D eigenvalue weighted by Gasteiger charge is 2.06. The number of aryl methyl sites for hydroxylation is 1. The molecule has 31 heavy (non-hydrogen) atoms. The first-order valence-electron chi connectivity index (χ1n) is 9.79. The van der Waals surface area contributed by atoms with Gasteiger partial charge in [-0.05, 0) is 66.6 Å². The Morgan fingerprint density at radius 1 is 0.903 bits per heavy atom. The lowest BCUT2D eigenvalue weighted by Crippen LogP contribution is -2.24. The van der Waals surface area contributed by atoms with Gasteiger partial charge >= 0.3 is 6.03 Å². The standard InChI is InChI=1S/C24H25N3O3S/c1-17-5-3-7-19(13-17)26-24(29)27-20-8-4-6-18(14-20)15-25-23(28)16-31-22-11-9-21(30-2)10-12-22/h3-14H,15-16H2,1-2H3,(H,25,28)(H2,26,27,29). The zero-order valence-corrected chi connectivity index (χ0v) is 18.3. The predicted molar refractivity (Wildman–Crippen MR) is 126 cm³/mol. The number of urea groups is 1. The second kappa shape index (κ2) is 11.1. The minimum atomic E-state index is -0.317. The zero-order chi connectivity index (χ0) is 22.1. The van der Waals surface area contributed by atoms with Gasteiger partial charge in [0.2, 0.25) is 5.91 Å². The van der Waals surface area contributed by atoms with Crippen LogP contribution in [0.4, 0.5) is 16.2 Å². The SMILES string of the molecule is COc1ccc(SCC(=O)NCc2cccc(NC(=O)Nc3cccc(C)c3)c2)cc1. The van der Waals surface area contributed by atoms with Crippen molar-refractivity contribution in [3.05, 3.63) is 83.9 Å². The Morgan fingerprint density at radius 2 is 1.58 bits per heavy atom. The summed E-state index contributed by atoms with van der Waals surface area (Å²) in [4.78, 5) is 25.4. The van der Waals surface area contributed by atoms with Gasteiger partial charge in [-0.15, -0.1) is 11.8 Å². The topological polar surface area (TPSA) is 79.5 Å². The second-order valence-corrected chi connectivity index (χ2v) is 7.94. The number of anilines is 2. The maximum absolute atomic E-state index is 12.2. The molecule has 0 aliphatic carbocycles. The van der Waals surface area contributed by atoms with E-state index >= 15 is 0 Å². The molecule has 3 amide bonds. The molecule has 0 heterocycles. The first-order valence-corrected chi connectivity index (χ1v) is 10.8. The molecule has 3 aromatic carbocycles. The van der Waals surface area contributed by atoms with Gasteiger partial charge in [0.1, 0.15) is 5.75 Å². The second-order valence-electron chi connectivity index (χ2n) is 6.89. The van der Waals surface area contributed by atoms with Crippen molar-refractivity contribution < 1.29 is 14.3 Å². The molecule has 0 bridgehead atoms. The number of hydrogen-bond acceptors (Lipinski definition) is 4. The normalized spacial score (nSPS) is 10.3. The van der Waals surface area contributed by atoms with Gasteiger partial charge in [0, 0.05) is 22.8 Å². The maximum Gasteiger partial charge on any atom is 0.323 e. The molecule has 0 aliphatic rings.